The Bertz CT molecular complexity index is 1310. The minimum Gasteiger partial charge on any atom is -0.367 e. The summed E-state index contributed by atoms with van der Waals surface area (Å²) in [6.45, 7) is -0.133. The normalized spacial score (nSPS) is 14.6. The van der Waals surface area contributed by atoms with Gasteiger partial charge in [0, 0.05) is 24.2 Å². The van der Waals surface area contributed by atoms with E-state index in [0.29, 0.717) is 5.56 Å². The smallest absolute Gasteiger partial charge is 0.367 e. The van der Waals surface area contributed by atoms with Gasteiger partial charge in [-0.05, 0) is 48.7 Å². The van der Waals surface area contributed by atoms with Crippen LogP contribution in [0.1, 0.15) is 48.1 Å². The number of terminal acetylenes is 1. The molecule has 3 rings (SSSR count). The van der Waals surface area contributed by atoms with Crippen molar-refractivity contribution in [2.45, 2.75) is 44.4 Å². The third-order valence-corrected chi connectivity index (χ3v) is 5.96. The fourth-order valence-electron chi connectivity index (χ4n) is 3.72. The Kier molecular flexibility index (Phi) is 8.24. The van der Waals surface area contributed by atoms with E-state index in [0.717, 1.165) is 50.1 Å². The average molecular weight is 525 g/mol. The molecule has 7 nitrogen and oxygen atoms in total. The Morgan fingerprint density at radius 2 is 1.94 bits per heavy atom. The second-order valence-corrected chi connectivity index (χ2v) is 10.1. The lowest BCUT2D eigenvalue weighted by Crippen LogP contribution is -2.21. The number of halogens is 4. The Hall–Kier alpha value is -3.59. The highest BCUT2D eigenvalue weighted by molar-refractivity contribution is 7.92. The highest BCUT2D eigenvalue weighted by Gasteiger charge is 2.33. The molecule has 3 N–H and O–H groups in total. The maximum Gasteiger partial charge on any atom is 0.433 e. The molecule has 0 unspecified atom stereocenters. The molecule has 0 atom stereocenters. The van der Waals surface area contributed by atoms with Gasteiger partial charge in [-0.3, -0.25) is 9.52 Å². The summed E-state index contributed by atoms with van der Waals surface area (Å²) in [5.41, 5.74) is -0.863. The molecular formula is C24H24F4N4O3S. The molecular weight excluding hydrogens is 500 g/mol. The Morgan fingerprint density at radius 1 is 1.25 bits per heavy atom. The summed E-state index contributed by atoms with van der Waals surface area (Å²) >= 11 is 0. The maximum absolute atomic E-state index is 14.4. The first-order valence-electron chi connectivity index (χ1n) is 10.9. The molecule has 0 aliphatic heterocycles. The Balaban J connectivity index is 1.73. The van der Waals surface area contributed by atoms with Crippen molar-refractivity contribution in [3.63, 3.8) is 0 Å². The number of pyridine rings is 1. The van der Waals surface area contributed by atoms with Crippen LogP contribution >= 0.6 is 0 Å². The van der Waals surface area contributed by atoms with E-state index < -0.39 is 33.6 Å². The van der Waals surface area contributed by atoms with Crippen LogP contribution in [0.15, 0.2) is 30.3 Å². The van der Waals surface area contributed by atoms with E-state index in [-0.39, 0.29) is 35.2 Å². The number of alkyl halides is 3. The lowest BCUT2D eigenvalue weighted by molar-refractivity contribution is -0.141. The highest BCUT2D eigenvalue weighted by atomic mass is 32.2. The van der Waals surface area contributed by atoms with E-state index >= 15 is 0 Å². The van der Waals surface area contributed by atoms with Gasteiger partial charge in [0.2, 0.25) is 15.9 Å². The van der Waals surface area contributed by atoms with Gasteiger partial charge in [0.25, 0.3) is 0 Å². The molecule has 2 aromatic rings. The molecule has 192 valence electrons. The molecule has 12 heteroatoms. The molecule has 1 saturated carbocycles. The summed E-state index contributed by atoms with van der Waals surface area (Å²) in [5, 5.41) is 5.56. The largest absolute Gasteiger partial charge is 0.433 e. The van der Waals surface area contributed by atoms with Gasteiger partial charge in [-0.15, -0.1) is 6.42 Å². The molecule has 1 amide bonds. The second-order valence-electron chi connectivity index (χ2n) is 8.33. The van der Waals surface area contributed by atoms with Crippen LogP contribution in [0.4, 0.5) is 29.1 Å². The van der Waals surface area contributed by atoms with E-state index in [9.17, 15) is 30.8 Å². The SMILES string of the molecule is C#Cc1cc(CNC(=O)C=Cc2ccc(C(F)(F)F)nc2NC2CCCC2)cc(F)c1NS(C)(=O)=O. The maximum atomic E-state index is 14.4. The van der Waals surface area contributed by atoms with E-state index in [1.807, 2.05) is 4.72 Å². The number of carbonyl (C=O) groups is 1. The Labute approximate surface area is 206 Å². The third-order valence-electron chi connectivity index (χ3n) is 5.39. The van der Waals surface area contributed by atoms with Gasteiger partial charge >= 0.3 is 6.18 Å². The van der Waals surface area contributed by atoms with Crippen LogP contribution in [-0.2, 0) is 27.5 Å². The zero-order chi connectivity index (χ0) is 26.5. The standard InChI is InChI=1S/C24H24F4N4O3S/c1-3-16-12-15(13-19(25)22(16)32-36(2,34)35)14-29-21(33)11-9-17-8-10-20(24(26,27)28)31-23(17)30-18-6-4-5-7-18/h1,8-13,18,32H,4-7,14H2,2H3,(H,29,33)(H,30,31). The minimum atomic E-state index is -4.61. The van der Waals surface area contributed by atoms with Gasteiger partial charge in [0.05, 0.1) is 17.5 Å². The summed E-state index contributed by atoms with van der Waals surface area (Å²) in [6, 6.07) is 4.46. The van der Waals surface area contributed by atoms with Crippen molar-refractivity contribution in [3.8, 4) is 12.3 Å². The molecule has 1 heterocycles. The summed E-state index contributed by atoms with van der Waals surface area (Å²) in [4.78, 5) is 16.0. The van der Waals surface area contributed by atoms with E-state index in [4.69, 9.17) is 6.42 Å². The number of nitrogens with one attached hydrogen (secondary N) is 3. The first kappa shape index (κ1) is 27.0. The molecule has 0 saturated heterocycles. The van der Waals surface area contributed by atoms with Crippen LogP contribution in [-0.4, -0.2) is 31.6 Å². The number of benzene rings is 1. The number of rotatable bonds is 8. The molecule has 0 radical (unpaired) electrons. The zero-order valence-electron chi connectivity index (χ0n) is 19.2. The lowest BCUT2D eigenvalue weighted by atomic mass is 10.1. The van der Waals surface area contributed by atoms with Crippen molar-refractivity contribution < 1.29 is 30.8 Å². The molecule has 1 aliphatic carbocycles. The zero-order valence-corrected chi connectivity index (χ0v) is 20.1. The van der Waals surface area contributed by atoms with Crippen molar-refractivity contribution >= 4 is 33.5 Å². The first-order valence-corrected chi connectivity index (χ1v) is 12.8. The number of nitrogens with zero attached hydrogens (tertiary/aromatic N) is 1. The van der Waals surface area contributed by atoms with Crippen molar-refractivity contribution in [2.24, 2.45) is 0 Å². The van der Waals surface area contributed by atoms with Gasteiger partial charge in [-0.25, -0.2) is 17.8 Å². The highest BCUT2D eigenvalue weighted by Crippen LogP contribution is 2.31. The topological polar surface area (TPSA) is 100 Å². The molecule has 1 aliphatic rings. The molecule has 1 aromatic carbocycles. The van der Waals surface area contributed by atoms with Crippen molar-refractivity contribution in [1.29, 1.82) is 0 Å². The number of aromatic nitrogens is 1. The number of anilines is 2. The van der Waals surface area contributed by atoms with Crippen molar-refractivity contribution in [2.75, 3.05) is 16.3 Å². The van der Waals surface area contributed by atoms with Crippen LogP contribution in [0.3, 0.4) is 0 Å². The minimum absolute atomic E-state index is 0.00219. The monoisotopic (exact) mass is 524 g/mol. The molecule has 1 fully saturated rings. The third kappa shape index (κ3) is 7.45. The Morgan fingerprint density at radius 3 is 2.56 bits per heavy atom. The van der Waals surface area contributed by atoms with Gasteiger partial charge in [-0.1, -0.05) is 18.8 Å². The quantitative estimate of drug-likeness (QED) is 0.272. The number of carbonyl (C=O) groups excluding carboxylic acids is 1. The molecule has 0 bridgehead atoms. The lowest BCUT2D eigenvalue weighted by Gasteiger charge is -2.16. The van der Waals surface area contributed by atoms with Crippen LogP contribution in [0.25, 0.3) is 6.08 Å². The van der Waals surface area contributed by atoms with Crippen molar-refractivity contribution in [1.82, 2.24) is 10.3 Å². The molecule has 0 spiro atoms. The number of amides is 1. The number of hydrogen-bond acceptors (Lipinski definition) is 5. The predicted octanol–water partition coefficient (Wildman–Crippen LogP) is 4.28. The number of sulfonamides is 1. The number of hydrogen-bond donors (Lipinski definition) is 3. The first-order chi connectivity index (χ1) is 16.9. The van der Waals surface area contributed by atoms with E-state index in [1.165, 1.54) is 18.2 Å². The molecule has 36 heavy (non-hydrogen) atoms. The predicted molar refractivity (Wildman–Crippen MR) is 129 cm³/mol. The van der Waals surface area contributed by atoms with Gasteiger partial charge in [0.1, 0.15) is 17.3 Å². The average Bonchev–Trinajstić information content (AvgIpc) is 3.30. The van der Waals surface area contributed by atoms with Gasteiger partial charge in [-0.2, -0.15) is 13.2 Å². The van der Waals surface area contributed by atoms with E-state index in [2.05, 4.69) is 21.5 Å². The summed E-state index contributed by atoms with van der Waals surface area (Å²) in [5.74, 6) is 0.731. The van der Waals surface area contributed by atoms with Crippen LogP contribution < -0.4 is 15.4 Å². The van der Waals surface area contributed by atoms with Gasteiger partial charge in [0.15, 0.2) is 0 Å². The second kappa shape index (κ2) is 11.0. The fourth-order valence-corrected chi connectivity index (χ4v) is 4.30. The fraction of sp³-hybridized carbons (Fsp3) is 0.333. The molecule has 1 aromatic heterocycles. The van der Waals surface area contributed by atoms with E-state index in [1.54, 1.807) is 0 Å². The van der Waals surface area contributed by atoms with Crippen LogP contribution in [0.2, 0.25) is 0 Å². The summed E-state index contributed by atoms with van der Waals surface area (Å²) < 4.78 is 78.7. The van der Waals surface area contributed by atoms with Gasteiger partial charge < -0.3 is 10.6 Å². The van der Waals surface area contributed by atoms with Crippen LogP contribution in [0.5, 0.6) is 0 Å². The summed E-state index contributed by atoms with van der Waals surface area (Å²) in [6.07, 6.45) is 7.64. The van der Waals surface area contributed by atoms with Crippen LogP contribution in [0, 0.1) is 18.2 Å². The van der Waals surface area contributed by atoms with Crippen molar-refractivity contribution in [3.05, 3.63) is 58.5 Å². The summed E-state index contributed by atoms with van der Waals surface area (Å²) in [7, 11) is -3.76.